The van der Waals surface area contributed by atoms with Crippen LogP contribution < -0.4 is 0 Å². The summed E-state index contributed by atoms with van der Waals surface area (Å²) in [5.41, 5.74) is -4.58. The molecule has 0 atom stereocenters. The Kier molecular flexibility index (Phi) is 5.22. The first kappa shape index (κ1) is 16.6. The van der Waals surface area contributed by atoms with Gasteiger partial charge in [-0.2, -0.15) is 21.6 Å². The molecular formula is C14H21F3O3S. The summed E-state index contributed by atoms with van der Waals surface area (Å²) in [6.45, 7) is 0. The lowest BCUT2D eigenvalue weighted by atomic mass is 9.83. The summed E-state index contributed by atoms with van der Waals surface area (Å²) in [5, 5.41) is 0. The Morgan fingerprint density at radius 2 is 1.48 bits per heavy atom. The molecule has 2 rings (SSSR count). The lowest BCUT2D eigenvalue weighted by molar-refractivity contribution is -0.0529. The maximum Gasteiger partial charge on any atom is 0.534 e. The fraction of sp³-hybridized carbons (Fsp3) is 0.857. The lowest BCUT2D eigenvalue weighted by Gasteiger charge is -2.28. The highest BCUT2D eigenvalue weighted by Crippen LogP contribution is 2.39. The van der Waals surface area contributed by atoms with Crippen LogP contribution in [0.4, 0.5) is 13.2 Å². The van der Waals surface area contributed by atoms with Crippen molar-refractivity contribution in [2.24, 2.45) is 5.92 Å². The van der Waals surface area contributed by atoms with E-state index in [1.807, 2.05) is 0 Å². The van der Waals surface area contributed by atoms with E-state index in [9.17, 15) is 21.6 Å². The molecule has 0 aromatic carbocycles. The van der Waals surface area contributed by atoms with E-state index in [-0.39, 0.29) is 11.7 Å². The van der Waals surface area contributed by atoms with Crippen molar-refractivity contribution in [1.82, 2.24) is 0 Å². The van der Waals surface area contributed by atoms with Crippen molar-refractivity contribution in [3.8, 4) is 0 Å². The summed E-state index contributed by atoms with van der Waals surface area (Å²) in [7, 11) is -5.55. The third-order valence-corrected chi connectivity index (χ3v) is 5.23. The summed E-state index contributed by atoms with van der Waals surface area (Å²) in [6.07, 6.45) is 8.42. The van der Waals surface area contributed by atoms with Gasteiger partial charge >= 0.3 is 15.6 Å². The standard InChI is InChI=1S/C14H21F3O3S/c15-14(16,17)21(18,19)20-13(11-7-3-1-4-8-11)12-9-5-2-6-10-12/h11H,1-10H2. The largest absolute Gasteiger partial charge is 0.534 e. The average molecular weight is 326 g/mol. The van der Waals surface area contributed by atoms with Gasteiger partial charge in [-0.25, -0.2) is 0 Å². The normalized spacial score (nSPS) is 22.1. The van der Waals surface area contributed by atoms with E-state index in [4.69, 9.17) is 0 Å². The van der Waals surface area contributed by atoms with Crippen LogP contribution >= 0.6 is 0 Å². The van der Waals surface area contributed by atoms with Crippen LogP contribution in [0, 0.1) is 5.92 Å². The van der Waals surface area contributed by atoms with Crippen LogP contribution in [0.5, 0.6) is 0 Å². The van der Waals surface area contributed by atoms with Crippen LogP contribution in [0.1, 0.15) is 64.2 Å². The van der Waals surface area contributed by atoms with Crippen LogP contribution in [-0.2, 0) is 14.3 Å². The highest BCUT2D eigenvalue weighted by atomic mass is 32.2. The summed E-state index contributed by atoms with van der Waals surface area (Å²) in [4.78, 5) is 0. The first-order chi connectivity index (χ1) is 9.81. The predicted molar refractivity (Wildman–Crippen MR) is 72.7 cm³/mol. The van der Waals surface area contributed by atoms with Crippen molar-refractivity contribution in [3.63, 3.8) is 0 Å². The molecule has 2 aliphatic carbocycles. The third-order valence-electron chi connectivity index (χ3n) is 4.26. The number of halogens is 3. The zero-order chi connectivity index (χ0) is 15.5. The van der Waals surface area contributed by atoms with Crippen molar-refractivity contribution >= 4 is 10.1 Å². The lowest BCUT2D eigenvalue weighted by Crippen LogP contribution is -2.28. The first-order valence-corrected chi connectivity index (χ1v) is 8.95. The summed E-state index contributed by atoms with van der Waals surface area (Å²) < 4.78 is 65.1. The second kappa shape index (κ2) is 6.58. The second-order valence-corrected chi connectivity index (χ2v) is 7.38. The van der Waals surface area contributed by atoms with Crippen molar-refractivity contribution < 1.29 is 25.8 Å². The van der Waals surface area contributed by atoms with Gasteiger partial charge in [-0.05, 0) is 44.1 Å². The molecule has 2 saturated carbocycles. The highest BCUT2D eigenvalue weighted by molar-refractivity contribution is 7.87. The van der Waals surface area contributed by atoms with Crippen molar-refractivity contribution in [1.29, 1.82) is 0 Å². The Balaban J connectivity index is 2.28. The number of hydrogen-bond donors (Lipinski definition) is 0. The highest BCUT2D eigenvalue weighted by Gasteiger charge is 2.49. The van der Waals surface area contributed by atoms with Gasteiger partial charge in [0.2, 0.25) is 0 Å². The Hall–Kier alpha value is -0.720. The predicted octanol–water partition coefficient (Wildman–Crippen LogP) is 4.65. The topological polar surface area (TPSA) is 43.4 Å². The minimum Gasteiger partial charge on any atom is -0.380 e. The Morgan fingerprint density at radius 1 is 0.952 bits per heavy atom. The van der Waals surface area contributed by atoms with Gasteiger partial charge in [-0.3, -0.25) is 0 Å². The maximum absolute atomic E-state index is 12.6. The summed E-state index contributed by atoms with van der Waals surface area (Å²) in [5.74, 6) is -0.0734. The van der Waals surface area contributed by atoms with Crippen LogP contribution in [0.25, 0.3) is 0 Å². The molecule has 21 heavy (non-hydrogen) atoms. The molecule has 0 aromatic rings. The molecule has 0 aromatic heterocycles. The molecule has 0 radical (unpaired) electrons. The van der Waals surface area contributed by atoms with Gasteiger partial charge < -0.3 is 4.18 Å². The maximum atomic E-state index is 12.6. The van der Waals surface area contributed by atoms with E-state index in [1.54, 1.807) is 0 Å². The van der Waals surface area contributed by atoms with E-state index in [0.717, 1.165) is 44.1 Å². The van der Waals surface area contributed by atoms with Crippen molar-refractivity contribution in [3.05, 3.63) is 11.3 Å². The average Bonchev–Trinajstić information content (AvgIpc) is 2.45. The molecule has 7 heteroatoms. The molecule has 0 saturated heterocycles. The molecule has 0 unspecified atom stereocenters. The van der Waals surface area contributed by atoms with E-state index in [0.29, 0.717) is 25.7 Å². The second-order valence-electron chi connectivity index (χ2n) is 5.85. The summed E-state index contributed by atoms with van der Waals surface area (Å²) >= 11 is 0. The molecule has 0 heterocycles. The number of allylic oxidation sites excluding steroid dienone is 2. The van der Waals surface area contributed by atoms with E-state index >= 15 is 0 Å². The van der Waals surface area contributed by atoms with E-state index in [2.05, 4.69) is 4.18 Å². The molecule has 2 aliphatic rings. The van der Waals surface area contributed by atoms with E-state index < -0.39 is 15.6 Å². The quantitative estimate of drug-likeness (QED) is 0.431. The zero-order valence-corrected chi connectivity index (χ0v) is 12.7. The minimum absolute atomic E-state index is 0.103. The molecule has 3 nitrogen and oxygen atoms in total. The van der Waals surface area contributed by atoms with Crippen molar-refractivity contribution in [2.75, 3.05) is 0 Å². The molecule has 0 spiro atoms. The Morgan fingerprint density at radius 3 is 2.00 bits per heavy atom. The van der Waals surface area contributed by atoms with Gasteiger partial charge in [-0.1, -0.05) is 25.7 Å². The zero-order valence-electron chi connectivity index (χ0n) is 11.9. The summed E-state index contributed by atoms with van der Waals surface area (Å²) in [6, 6.07) is 0. The fourth-order valence-corrected chi connectivity index (χ4v) is 3.76. The molecular weight excluding hydrogens is 305 g/mol. The van der Waals surface area contributed by atoms with Crippen LogP contribution in [-0.4, -0.2) is 13.9 Å². The number of hydrogen-bond acceptors (Lipinski definition) is 3. The van der Waals surface area contributed by atoms with Crippen molar-refractivity contribution in [2.45, 2.75) is 69.7 Å². The Labute approximate surface area is 123 Å². The van der Waals surface area contributed by atoms with Crippen LogP contribution in [0.15, 0.2) is 11.3 Å². The van der Waals surface area contributed by atoms with Crippen LogP contribution in [0.3, 0.4) is 0 Å². The van der Waals surface area contributed by atoms with Crippen LogP contribution in [0.2, 0.25) is 0 Å². The van der Waals surface area contributed by atoms with E-state index in [1.165, 1.54) is 0 Å². The fourth-order valence-electron chi connectivity index (χ4n) is 3.17. The molecule has 0 amide bonds. The van der Waals surface area contributed by atoms with Gasteiger partial charge in [-0.15, -0.1) is 0 Å². The smallest absolute Gasteiger partial charge is 0.380 e. The van der Waals surface area contributed by atoms with Gasteiger partial charge in [0.1, 0.15) is 5.76 Å². The van der Waals surface area contributed by atoms with Gasteiger partial charge in [0, 0.05) is 5.92 Å². The Bertz CT molecular complexity index is 480. The van der Waals surface area contributed by atoms with Gasteiger partial charge in [0.25, 0.3) is 0 Å². The van der Waals surface area contributed by atoms with Gasteiger partial charge in [0.05, 0.1) is 0 Å². The number of alkyl halides is 3. The molecule has 2 fully saturated rings. The SMILES string of the molecule is O=S(=O)(OC(=C1CCCCC1)C1CCCCC1)C(F)(F)F. The minimum atomic E-state index is -5.55. The molecule has 0 aliphatic heterocycles. The molecule has 0 bridgehead atoms. The molecule has 122 valence electrons. The van der Waals surface area contributed by atoms with Gasteiger partial charge in [0.15, 0.2) is 0 Å². The monoisotopic (exact) mass is 326 g/mol. The molecule has 0 N–H and O–H groups in total. The number of rotatable bonds is 3. The first-order valence-electron chi connectivity index (χ1n) is 7.54. The third kappa shape index (κ3) is 4.14.